The molecule has 1 radical (unpaired) electrons. The monoisotopic (exact) mass is 271 g/mol. The largest absolute Gasteiger partial charge is 0.300 e. The Bertz CT molecular complexity index is 500. The molecule has 1 N–H and O–H groups in total. The van der Waals surface area contributed by atoms with Crippen LogP contribution in [-0.2, 0) is 10.1 Å². The molecule has 0 saturated carbocycles. The van der Waals surface area contributed by atoms with Crippen molar-refractivity contribution in [3.63, 3.8) is 0 Å². The molecule has 0 bridgehead atoms. The molecular formula is C6HF5NaO3S. The second-order valence-electron chi connectivity index (χ2n) is 2.37. The molecule has 0 fully saturated rings. The van der Waals surface area contributed by atoms with Crippen LogP contribution in [0.4, 0.5) is 22.0 Å². The van der Waals surface area contributed by atoms with Gasteiger partial charge in [0.1, 0.15) is 0 Å². The van der Waals surface area contributed by atoms with Crippen molar-refractivity contribution in [2.75, 3.05) is 0 Å². The van der Waals surface area contributed by atoms with Crippen molar-refractivity contribution in [3.8, 4) is 0 Å². The van der Waals surface area contributed by atoms with Crippen molar-refractivity contribution in [2.24, 2.45) is 0 Å². The minimum absolute atomic E-state index is 0. The van der Waals surface area contributed by atoms with Gasteiger partial charge in [-0.25, -0.2) is 22.0 Å². The standard InChI is InChI=1S/C6HF5O3S.Na/c7-1-2(8)4(10)6(15(12,13)14)5(11)3(1)9;/h(H,12,13,14);. The van der Waals surface area contributed by atoms with Gasteiger partial charge in [0.15, 0.2) is 28.2 Å². The van der Waals surface area contributed by atoms with Gasteiger partial charge in [-0.05, 0) is 0 Å². The van der Waals surface area contributed by atoms with Crippen LogP contribution in [0, 0.1) is 29.1 Å². The van der Waals surface area contributed by atoms with Gasteiger partial charge in [-0.1, -0.05) is 0 Å². The van der Waals surface area contributed by atoms with Crippen molar-refractivity contribution in [2.45, 2.75) is 4.90 Å². The van der Waals surface area contributed by atoms with E-state index in [9.17, 15) is 30.4 Å². The predicted molar refractivity (Wildman–Crippen MR) is 41.8 cm³/mol. The van der Waals surface area contributed by atoms with E-state index in [1.54, 1.807) is 0 Å². The number of hydrogen-bond donors (Lipinski definition) is 1. The first-order valence-electron chi connectivity index (χ1n) is 3.16. The number of rotatable bonds is 1. The van der Waals surface area contributed by atoms with Crippen LogP contribution in [0.15, 0.2) is 4.90 Å². The average molecular weight is 271 g/mol. The fourth-order valence-electron chi connectivity index (χ4n) is 0.811. The molecule has 1 aromatic rings. The van der Waals surface area contributed by atoms with Gasteiger partial charge in [0, 0.05) is 29.6 Å². The van der Waals surface area contributed by atoms with E-state index in [1.165, 1.54) is 0 Å². The molecule has 0 heterocycles. The molecule has 3 nitrogen and oxygen atoms in total. The Morgan fingerprint density at radius 2 is 1.00 bits per heavy atom. The molecule has 1 aromatic carbocycles. The van der Waals surface area contributed by atoms with Gasteiger partial charge in [-0.15, -0.1) is 0 Å². The smallest absolute Gasteiger partial charge is 0.282 e. The summed E-state index contributed by atoms with van der Waals surface area (Å²) >= 11 is 0. The summed E-state index contributed by atoms with van der Waals surface area (Å²) in [6.45, 7) is 0. The van der Waals surface area contributed by atoms with E-state index in [2.05, 4.69) is 0 Å². The average Bonchev–Trinajstić information content (AvgIpc) is 2.09. The molecule has 0 aliphatic carbocycles. The van der Waals surface area contributed by atoms with Crippen LogP contribution in [0.3, 0.4) is 0 Å². The van der Waals surface area contributed by atoms with Crippen LogP contribution < -0.4 is 0 Å². The third kappa shape index (κ3) is 2.54. The topological polar surface area (TPSA) is 54.4 Å². The summed E-state index contributed by atoms with van der Waals surface area (Å²) in [5.41, 5.74) is 0. The van der Waals surface area contributed by atoms with Gasteiger partial charge >= 0.3 is 10.1 Å². The molecule has 0 spiro atoms. The van der Waals surface area contributed by atoms with Crippen LogP contribution in [0.1, 0.15) is 0 Å². The molecule has 16 heavy (non-hydrogen) atoms. The Balaban J connectivity index is 0.00000225. The third-order valence-corrected chi connectivity index (χ3v) is 2.30. The Kier molecular flexibility index (Phi) is 4.89. The third-order valence-electron chi connectivity index (χ3n) is 1.43. The maximum Gasteiger partial charge on any atom is 0.300 e. The summed E-state index contributed by atoms with van der Waals surface area (Å²) in [7, 11) is -5.52. The van der Waals surface area contributed by atoms with Gasteiger partial charge < -0.3 is 0 Å². The Morgan fingerprint density at radius 3 is 1.25 bits per heavy atom. The zero-order valence-corrected chi connectivity index (χ0v) is 10.4. The zero-order chi connectivity index (χ0) is 12.0. The van der Waals surface area contributed by atoms with E-state index < -0.39 is 44.1 Å². The van der Waals surface area contributed by atoms with Crippen LogP contribution in [0.2, 0.25) is 0 Å². The van der Waals surface area contributed by atoms with E-state index in [-0.39, 0.29) is 29.6 Å². The summed E-state index contributed by atoms with van der Waals surface area (Å²) in [4.78, 5) is -2.26. The molecule has 0 aliphatic rings. The van der Waals surface area contributed by atoms with Crippen molar-refractivity contribution in [1.82, 2.24) is 0 Å². The van der Waals surface area contributed by atoms with E-state index in [0.717, 1.165) is 0 Å². The minimum Gasteiger partial charge on any atom is -0.282 e. The normalized spacial score (nSPS) is 11.1. The summed E-state index contributed by atoms with van der Waals surface area (Å²) < 4.78 is 91.3. The molecule has 0 saturated heterocycles. The van der Waals surface area contributed by atoms with Gasteiger partial charge in [-0.2, -0.15) is 8.42 Å². The maximum atomic E-state index is 12.6. The first kappa shape index (κ1) is 15.8. The van der Waals surface area contributed by atoms with Crippen LogP contribution in [0.25, 0.3) is 0 Å². The first-order valence-corrected chi connectivity index (χ1v) is 4.61. The second kappa shape index (κ2) is 4.96. The maximum absolute atomic E-state index is 12.6. The zero-order valence-electron chi connectivity index (χ0n) is 7.56. The summed E-state index contributed by atoms with van der Waals surface area (Å²) in [6, 6.07) is 0. The summed E-state index contributed by atoms with van der Waals surface area (Å²) in [5.74, 6) is -12.6. The van der Waals surface area contributed by atoms with Crippen LogP contribution in [-0.4, -0.2) is 42.5 Å². The van der Waals surface area contributed by atoms with Gasteiger partial charge in [-0.3, -0.25) is 4.55 Å². The van der Waals surface area contributed by atoms with Gasteiger partial charge in [0.25, 0.3) is 0 Å². The number of benzene rings is 1. The fraction of sp³-hybridized carbons (Fsp3) is 0. The minimum atomic E-state index is -5.52. The van der Waals surface area contributed by atoms with Crippen molar-refractivity contribution >= 4 is 39.7 Å². The predicted octanol–water partition coefficient (Wildman–Crippen LogP) is 1.25. The summed E-state index contributed by atoms with van der Waals surface area (Å²) in [5, 5.41) is 0. The Hall–Kier alpha value is -0.220. The van der Waals surface area contributed by atoms with Gasteiger partial charge in [0.2, 0.25) is 5.82 Å². The molecular weight excluding hydrogens is 270 g/mol. The molecule has 0 aliphatic heterocycles. The fourth-order valence-corrected chi connectivity index (χ4v) is 1.44. The van der Waals surface area contributed by atoms with Crippen molar-refractivity contribution in [1.29, 1.82) is 0 Å². The number of hydrogen-bond acceptors (Lipinski definition) is 2. The van der Waals surface area contributed by atoms with Crippen molar-refractivity contribution in [3.05, 3.63) is 29.1 Å². The first-order chi connectivity index (χ1) is 6.68. The molecule has 85 valence electrons. The van der Waals surface area contributed by atoms with E-state index in [0.29, 0.717) is 0 Å². The summed E-state index contributed by atoms with van der Waals surface area (Å²) in [6.07, 6.45) is 0. The molecule has 0 atom stereocenters. The molecule has 0 aromatic heterocycles. The SMILES string of the molecule is O=S(=O)(O)c1c(F)c(F)c(F)c(F)c1F.[Na]. The van der Waals surface area contributed by atoms with Crippen molar-refractivity contribution < 1.29 is 34.9 Å². The molecule has 1 rings (SSSR count). The van der Waals surface area contributed by atoms with Crippen LogP contribution >= 0.6 is 0 Å². The van der Waals surface area contributed by atoms with E-state index in [4.69, 9.17) is 4.55 Å². The van der Waals surface area contributed by atoms with E-state index in [1.807, 2.05) is 0 Å². The van der Waals surface area contributed by atoms with Crippen LogP contribution in [0.5, 0.6) is 0 Å². The quantitative estimate of drug-likeness (QED) is 0.275. The van der Waals surface area contributed by atoms with Gasteiger partial charge in [0.05, 0.1) is 0 Å². The van der Waals surface area contributed by atoms with E-state index >= 15 is 0 Å². The Labute approximate surface area is 108 Å². The second-order valence-corrected chi connectivity index (χ2v) is 3.73. The molecule has 0 unspecified atom stereocenters. The molecule has 10 heteroatoms. The molecule has 0 amide bonds. The number of halogens is 5. The Morgan fingerprint density at radius 1 is 0.750 bits per heavy atom.